The molecular weight excluding hydrogens is 321 g/mol. The first-order valence-corrected chi connectivity index (χ1v) is 7.31. The Morgan fingerprint density at radius 2 is 1.90 bits per heavy atom. The highest BCUT2D eigenvalue weighted by molar-refractivity contribution is 9.10. The normalized spacial score (nSPS) is 13.1. The van der Waals surface area contributed by atoms with Gasteiger partial charge in [0, 0.05) is 10.0 Å². The SMILES string of the molecule is O=C(Nc1ccc(Br)cc1F)c1ccc2c(c1)CCC2. The van der Waals surface area contributed by atoms with Crippen LogP contribution in [0.25, 0.3) is 0 Å². The number of rotatable bonds is 2. The van der Waals surface area contributed by atoms with Crippen molar-refractivity contribution in [2.45, 2.75) is 19.3 Å². The number of hydrogen-bond donors (Lipinski definition) is 1. The molecule has 2 nitrogen and oxygen atoms in total. The molecule has 0 saturated carbocycles. The van der Waals surface area contributed by atoms with Crippen molar-refractivity contribution in [1.29, 1.82) is 0 Å². The molecule has 20 heavy (non-hydrogen) atoms. The molecule has 0 aliphatic heterocycles. The molecular formula is C16H13BrFNO. The van der Waals surface area contributed by atoms with Crippen LogP contribution >= 0.6 is 15.9 Å². The van der Waals surface area contributed by atoms with Gasteiger partial charge in [0.05, 0.1) is 5.69 Å². The Balaban J connectivity index is 1.82. The van der Waals surface area contributed by atoms with Crippen LogP contribution in [-0.2, 0) is 12.8 Å². The number of hydrogen-bond acceptors (Lipinski definition) is 1. The molecule has 4 heteroatoms. The zero-order valence-corrected chi connectivity index (χ0v) is 12.3. The summed E-state index contributed by atoms with van der Waals surface area (Å²) in [6.45, 7) is 0. The molecule has 1 aliphatic carbocycles. The summed E-state index contributed by atoms with van der Waals surface area (Å²) in [5, 5.41) is 2.61. The van der Waals surface area contributed by atoms with E-state index in [2.05, 4.69) is 21.2 Å². The Kier molecular flexibility index (Phi) is 3.57. The summed E-state index contributed by atoms with van der Waals surface area (Å²) in [4.78, 5) is 12.2. The van der Waals surface area contributed by atoms with Crippen molar-refractivity contribution in [2.75, 3.05) is 5.32 Å². The lowest BCUT2D eigenvalue weighted by Crippen LogP contribution is -2.13. The fourth-order valence-corrected chi connectivity index (χ4v) is 2.83. The van der Waals surface area contributed by atoms with Gasteiger partial charge in [0.2, 0.25) is 0 Å². The van der Waals surface area contributed by atoms with Crippen LogP contribution < -0.4 is 5.32 Å². The van der Waals surface area contributed by atoms with E-state index >= 15 is 0 Å². The average molecular weight is 334 g/mol. The van der Waals surface area contributed by atoms with Crippen LogP contribution in [0.4, 0.5) is 10.1 Å². The predicted molar refractivity (Wildman–Crippen MR) is 80.5 cm³/mol. The first-order chi connectivity index (χ1) is 9.63. The van der Waals surface area contributed by atoms with Gasteiger partial charge in [-0.15, -0.1) is 0 Å². The highest BCUT2D eigenvalue weighted by Gasteiger charge is 2.15. The summed E-state index contributed by atoms with van der Waals surface area (Å²) >= 11 is 3.19. The summed E-state index contributed by atoms with van der Waals surface area (Å²) in [5.41, 5.74) is 3.32. The number of aryl methyl sites for hydroxylation is 2. The topological polar surface area (TPSA) is 29.1 Å². The minimum Gasteiger partial charge on any atom is -0.319 e. The monoisotopic (exact) mass is 333 g/mol. The molecule has 0 aromatic heterocycles. The number of nitrogens with one attached hydrogen (secondary N) is 1. The minimum absolute atomic E-state index is 0.193. The van der Waals surface area contributed by atoms with Crippen LogP contribution in [0.15, 0.2) is 40.9 Å². The fraction of sp³-hybridized carbons (Fsp3) is 0.188. The maximum atomic E-state index is 13.7. The van der Waals surface area contributed by atoms with Crippen molar-refractivity contribution < 1.29 is 9.18 Å². The lowest BCUT2D eigenvalue weighted by atomic mass is 10.1. The fourth-order valence-electron chi connectivity index (χ4n) is 2.50. The Hall–Kier alpha value is -1.68. The van der Waals surface area contributed by atoms with Gasteiger partial charge < -0.3 is 5.32 Å². The first kappa shape index (κ1) is 13.3. The van der Waals surface area contributed by atoms with E-state index in [-0.39, 0.29) is 11.6 Å². The van der Waals surface area contributed by atoms with Gasteiger partial charge >= 0.3 is 0 Å². The molecule has 1 N–H and O–H groups in total. The molecule has 2 aromatic rings. The molecule has 0 fully saturated rings. The van der Waals surface area contributed by atoms with Crippen LogP contribution in [0.2, 0.25) is 0 Å². The largest absolute Gasteiger partial charge is 0.319 e. The lowest BCUT2D eigenvalue weighted by Gasteiger charge is -2.08. The zero-order valence-electron chi connectivity index (χ0n) is 10.7. The highest BCUT2D eigenvalue weighted by atomic mass is 79.9. The number of fused-ring (bicyclic) bond motifs is 1. The maximum Gasteiger partial charge on any atom is 0.255 e. The Labute approximate surface area is 125 Å². The highest BCUT2D eigenvalue weighted by Crippen LogP contribution is 2.24. The van der Waals surface area contributed by atoms with Crippen molar-refractivity contribution >= 4 is 27.5 Å². The van der Waals surface area contributed by atoms with E-state index in [1.165, 1.54) is 17.2 Å². The minimum atomic E-state index is -0.450. The Bertz CT molecular complexity index is 684. The molecule has 0 unspecified atom stereocenters. The van der Waals surface area contributed by atoms with Crippen molar-refractivity contribution in [3.8, 4) is 0 Å². The molecule has 0 heterocycles. The van der Waals surface area contributed by atoms with Crippen LogP contribution in [0.1, 0.15) is 27.9 Å². The summed E-state index contributed by atoms with van der Waals surface area (Å²) in [6, 6.07) is 10.3. The van der Waals surface area contributed by atoms with Crippen molar-refractivity contribution in [1.82, 2.24) is 0 Å². The molecule has 1 amide bonds. The number of carbonyl (C=O) groups is 1. The van der Waals surface area contributed by atoms with E-state index in [1.54, 1.807) is 18.2 Å². The van der Waals surface area contributed by atoms with Gasteiger partial charge in [-0.3, -0.25) is 4.79 Å². The quantitative estimate of drug-likeness (QED) is 0.870. The lowest BCUT2D eigenvalue weighted by molar-refractivity contribution is 0.102. The number of amides is 1. The third kappa shape index (κ3) is 2.61. The molecule has 0 atom stereocenters. The molecule has 2 aromatic carbocycles. The Morgan fingerprint density at radius 1 is 1.10 bits per heavy atom. The number of anilines is 1. The second-order valence-corrected chi connectivity index (χ2v) is 5.83. The smallest absolute Gasteiger partial charge is 0.255 e. The molecule has 1 aliphatic rings. The van der Waals surface area contributed by atoms with Gasteiger partial charge in [-0.25, -0.2) is 4.39 Å². The Morgan fingerprint density at radius 3 is 2.70 bits per heavy atom. The number of benzene rings is 2. The van der Waals surface area contributed by atoms with Crippen LogP contribution in [0.3, 0.4) is 0 Å². The summed E-state index contributed by atoms with van der Waals surface area (Å²) in [7, 11) is 0. The third-order valence-electron chi connectivity index (χ3n) is 3.54. The van der Waals surface area contributed by atoms with Crippen LogP contribution in [0, 0.1) is 5.82 Å². The van der Waals surface area contributed by atoms with E-state index in [4.69, 9.17) is 0 Å². The van der Waals surface area contributed by atoms with Gasteiger partial charge in [-0.2, -0.15) is 0 Å². The van der Waals surface area contributed by atoms with Gasteiger partial charge in [-0.05, 0) is 60.7 Å². The van der Waals surface area contributed by atoms with Gasteiger partial charge in [0.25, 0.3) is 5.91 Å². The summed E-state index contributed by atoms with van der Waals surface area (Å²) < 4.78 is 14.3. The molecule has 0 radical (unpaired) electrons. The van der Waals surface area contributed by atoms with Crippen LogP contribution in [0.5, 0.6) is 0 Å². The molecule has 102 valence electrons. The standard InChI is InChI=1S/C16H13BrFNO/c17-13-6-7-15(14(18)9-13)19-16(20)12-5-4-10-2-1-3-11(10)8-12/h4-9H,1-3H2,(H,19,20). The second-order valence-electron chi connectivity index (χ2n) is 4.92. The average Bonchev–Trinajstić information content (AvgIpc) is 2.89. The van der Waals surface area contributed by atoms with Crippen molar-refractivity contribution in [3.63, 3.8) is 0 Å². The van der Waals surface area contributed by atoms with E-state index < -0.39 is 5.82 Å². The molecule has 0 saturated heterocycles. The van der Waals surface area contributed by atoms with E-state index in [1.807, 2.05) is 12.1 Å². The summed E-state index contributed by atoms with van der Waals surface area (Å²) in [5.74, 6) is -0.727. The maximum absolute atomic E-state index is 13.7. The van der Waals surface area contributed by atoms with Crippen LogP contribution in [-0.4, -0.2) is 5.91 Å². The van der Waals surface area contributed by atoms with Gasteiger partial charge in [-0.1, -0.05) is 22.0 Å². The van der Waals surface area contributed by atoms with E-state index in [0.717, 1.165) is 19.3 Å². The van der Waals surface area contributed by atoms with Crippen molar-refractivity contribution in [2.24, 2.45) is 0 Å². The second kappa shape index (κ2) is 5.37. The van der Waals surface area contributed by atoms with E-state index in [9.17, 15) is 9.18 Å². The third-order valence-corrected chi connectivity index (χ3v) is 4.03. The van der Waals surface area contributed by atoms with Gasteiger partial charge in [0.1, 0.15) is 5.82 Å². The number of carbonyl (C=O) groups excluding carboxylic acids is 1. The summed E-state index contributed by atoms with van der Waals surface area (Å²) in [6.07, 6.45) is 3.24. The van der Waals surface area contributed by atoms with Gasteiger partial charge in [0.15, 0.2) is 0 Å². The number of halogens is 2. The first-order valence-electron chi connectivity index (χ1n) is 6.52. The molecule has 0 spiro atoms. The zero-order chi connectivity index (χ0) is 14.1. The molecule has 3 rings (SSSR count). The van der Waals surface area contributed by atoms with Crippen molar-refractivity contribution in [3.05, 3.63) is 63.4 Å². The van der Waals surface area contributed by atoms with E-state index in [0.29, 0.717) is 10.0 Å². The predicted octanol–water partition coefficient (Wildman–Crippen LogP) is 4.33. The molecule has 0 bridgehead atoms.